The summed E-state index contributed by atoms with van der Waals surface area (Å²) < 4.78 is 2.19. The lowest BCUT2D eigenvalue weighted by Crippen LogP contribution is -3.00. The fraction of sp³-hybridized carbons (Fsp3) is 1.00. The zero-order valence-electron chi connectivity index (χ0n) is 8.86. The normalized spacial score (nSPS) is 48.4. The Bertz CT molecular complexity index is 226. The van der Waals surface area contributed by atoms with Crippen LogP contribution in [0.3, 0.4) is 0 Å². The number of quaternary nitrogens is 1. The zero-order chi connectivity index (χ0) is 9.16. The molecule has 1 nitrogen and oxygen atoms in total. The first-order valence-electron chi connectivity index (χ1n) is 5.61. The fourth-order valence-corrected chi connectivity index (χ4v) is 6.00. The molecule has 1 aliphatic heterocycles. The van der Waals surface area contributed by atoms with Gasteiger partial charge < -0.3 is 28.5 Å². The molecular formula is C11H19I2N. The molecule has 0 unspecified atom stereocenters. The molecule has 3 heteroatoms. The van der Waals surface area contributed by atoms with Crippen LogP contribution in [-0.4, -0.2) is 33.6 Å². The van der Waals surface area contributed by atoms with Crippen molar-refractivity contribution in [1.82, 2.24) is 0 Å². The highest BCUT2D eigenvalue weighted by Gasteiger charge is 2.75. The van der Waals surface area contributed by atoms with E-state index in [9.17, 15) is 0 Å². The highest BCUT2D eigenvalue weighted by atomic mass is 127. The molecule has 0 aromatic carbocycles. The monoisotopic (exact) mass is 419 g/mol. The molecule has 0 aromatic heterocycles. The van der Waals surface area contributed by atoms with Crippen LogP contribution < -0.4 is 24.0 Å². The standard InChI is InChI=1S/C11H19IN.HI/c1-13(5-3-2-4-6-13)11-7-10(12,8-11)9-11;/h2-9H2,1H3;1H/q+1;/p-1. The van der Waals surface area contributed by atoms with Gasteiger partial charge in [0.2, 0.25) is 0 Å². The van der Waals surface area contributed by atoms with Crippen molar-refractivity contribution in [2.24, 2.45) is 0 Å². The van der Waals surface area contributed by atoms with Crippen LogP contribution in [0.1, 0.15) is 38.5 Å². The first kappa shape index (κ1) is 11.9. The lowest BCUT2D eigenvalue weighted by atomic mass is 9.47. The summed E-state index contributed by atoms with van der Waals surface area (Å²) in [4.78, 5) is 0. The van der Waals surface area contributed by atoms with Gasteiger partial charge in [0.15, 0.2) is 0 Å². The van der Waals surface area contributed by atoms with Gasteiger partial charge in [-0.05, 0) is 19.3 Å². The van der Waals surface area contributed by atoms with Gasteiger partial charge in [0.25, 0.3) is 0 Å². The molecule has 4 rings (SSSR count). The number of halogens is 2. The average molecular weight is 419 g/mol. The summed E-state index contributed by atoms with van der Waals surface area (Å²) in [5.74, 6) is 0. The van der Waals surface area contributed by atoms with Gasteiger partial charge in [0.05, 0.1) is 20.1 Å². The summed E-state index contributed by atoms with van der Waals surface area (Å²) >= 11 is 2.70. The zero-order valence-corrected chi connectivity index (χ0v) is 13.2. The molecule has 0 amide bonds. The maximum Gasteiger partial charge on any atom is 0.103 e. The summed E-state index contributed by atoms with van der Waals surface area (Å²) in [7, 11) is 2.52. The molecule has 1 saturated heterocycles. The Labute approximate surface area is 118 Å². The predicted molar refractivity (Wildman–Crippen MR) is 63.1 cm³/mol. The molecule has 1 heterocycles. The van der Waals surface area contributed by atoms with E-state index in [-0.39, 0.29) is 24.0 Å². The fourth-order valence-electron chi connectivity index (χ4n) is 3.87. The second-order valence-electron chi connectivity index (χ2n) is 5.81. The molecular weight excluding hydrogens is 400 g/mol. The maximum atomic E-state index is 2.70. The van der Waals surface area contributed by atoms with E-state index in [4.69, 9.17) is 0 Å². The minimum absolute atomic E-state index is 0. The summed E-state index contributed by atoms with van der Waals surface area (Å²) in [6.07, 6.45) is 9.02. The lowest BCUT2D eigenvalue weighted by Gasteiger charge is -2.73. The number of nitrogens with zero attached hydrogens (tertiary/aromatic N) is 1. The van der Waals surface area contributed by atoms with Gasteiger partial charge in [-0.3, -0.25) is 0 Å². The Morgan fingerprint density at radius 3 is 1.93 bits per heavy atom. The Kier molecular flexibility index (Phi) is 2.93. The van der Waals surface area contributed by atoms with Gasteiger partial charge >= 0.3 is 0 Å². The second kappa shape index (κ2) is 3.45. The van der Waals surface area contributed by atoms with Crippen molar-refractivity contribution in [3.63, 3.8) is 0 Å². The minimum Gasteiger partial charge on any atom is -1.00 e. The smallest absolute Gasteiger partial charge is 0.103 e. The molecule has 14 heavy (non-hydrogen) atoms. The van der Waals surface area contributed by atoms with Gasteiger partial charge in [-0.25, -0.2) is 0 Å². The molecule has 0 atom stereocenters. The van der Waals surface area contributed by atoms with E-state index >= 15 is 0 Å². The van der Waals surface area contributed by atoms with Gasteiger partial charge in [0.1, 0.15) is 5.54 Å². The van der Waals surface area contributed by atoms with E-state index in [1.807, 2.05) is 0 Å². The molecule has 2 bridgehead atoms. The van der Waals surface area contributed by atoms with E-state index in [0.717, 1.165) is 8.96 Å². The summed E-state index contributed by atoms with van der Waals surface area (Å²) in [6.45, 7) is 2.93. The molecule has 4 fully saturated rings. The Balaban J connectivity index is 0.000000750. The van der Waals surface area contributed by atoms with Crippen LogP contribution in [0.25, 0.3) is 0 Å². The van der Waals surface area contributed by atoms with Crippen molar-refractivity contribution in [3.05, 3.63) is 0 Å². The van der Waals surface area contributed by atoms with Gasteiger partial charge in [-0.15, -0.1) is 0 Å². The molecule has 0 aromatic rings. The topological polar surface area (TPSA) is 0 Å². The number of rotatable bonds is 1. The van der Waals surface area contributed by atoms with Crippen LogP contribution in [0.2, 0.25) is 0 Å². The molecule has 0 radical (unpaired) electrons. The largest absolute Gasteiger partial charge is 1.00 e. The van der Waals surface area contributed by atoms with E-state index < -0.39 is 0 Å². The number of hydrogen-bond acceptors (Lipinski definition) is 0. The molecule has 82 valence electrons. The third kappa shape index (κ3) is 1.40. The van der Waals surface area contributed by atoms with Crippen LogP contribution >= 0.6 is 22.6 Å². The van der Waals surface area contributed by atoms with Gasteiger partial charge in [-0.2, -0.15) is 0 Å². The third-order valence-corrected chi connectivity index (χ3v) is 6.03. The predicted octanol–water partition coefficient (Wildman–Crippen LogP) is -0.269. The van der Waals surface area contributed by atoms with Crippen LogP contribution in [0.4, 0.5) is 0 Å². The third-order valence-electron chi connectivity index (χ3n) is 4.89. The van der Waals surface area contributed by atoms with Crippen LogP contribution in [0, 0.1) is 0 Å². The molecule has 3 saturated carbocycles. The Morgan fingerprint density at radius 1 is 1.00 bits per heavy atom. The van der Waals surface area contributed by atoms with Crippen LogP contribution in [0.15, 0.2) is 0 Å². The summed E-state index contributed by atoms with van der Waals surface area (Å²) in [5.41, 5.74) is 0.765. The van der Waals surface area contributed by atoms with Crippen LogP contribution in [-0.2, 0) is 0 Å². The maximum absolute atomic E-state index is 2.70. The van der Waals surface area contributed by atoms with Crippen LogP contribution in [0.5, 0.6) is 0 Å². The number of alkyl halides is 1. The van der Waals surface area contributed by atoms with Crippen molar-refractivity contribution >= 4 is 22.6 Å². The first-order chi connectivity index (χ1) is 6.08. The molecule has 0 N–H and O–H groups in total. The average Bonchev–Trinajstić information content (AvgIpc) is 1.98. The van der Waals surface area contributed by atoms with Crippen molar-refractivity contribution < 1.29 is 28.5 Å². The highest BCUT2D eigenvalue weighted by Crippen LogP contribution is 2.70. The van der Waals surface area contributed by atoms with Crippen molar-refractivity contribution in [2.45, 2.75) is 47.5 Å². The van der Waals surface area contributed by atoms with E-state index in [0.29, 0.717) is 0 Å². The summed E-state index contributed by atoms with van der Waals surface area (Å²) in [6, 6.07) is 0. The molecule has 0 spiro atoms. The van der Waals surface area contributed by atoms with E-state index in [1.54, 1.807) is 0 Å². The SMILES string of the molecule is C[N+]1(C23CC(I)(C2)C3)CCCCC1.[I-]. The first-order valence-corrected chi connectivity index (χ1v) is 6.69. The quantitative estimate of drug-likeness (QED) is 0.312. The van der Waals surface area contributed by atoms with Crippen molar-refractivity contribution in [3.8, 4) is 0 Å². The van der Waals surface area contributed by atoms with Gasteiger partial charge in [0, 0.05) is 22.7 Å². The Hall–Kier alpha value is 1.42. The second-order valence-corrected chi connectivity index (χ2v) is 8.10. The van der Waals surface area contributed by atoms with Crippen molar-refractivity contribution in [1.29, 1.82) is 0 Å². The highest BCUT2D eigenvalue weighted by molar-refractivity contribution is 14.1. The number of likely N-dealkylation sites (tertiary alicyclic amines) is 1. The molecule has 3 aliphatic carbocycles. The molecule has 4 aliphatic rings. The van der Waals surface area contributed by atoms with E-state index in [1.165, 1.54) is 56.1 Å². The number of piperidine rings is 1. The summed E-state index contributed by atoms with van der Waals surface area (Å²) in [5, 5.41) is 0. The minimum atomic E-state index is 0. The van der Waals surface area contributed by atoms with Crippen molar-refractivity contribution in [2.75, 3.05) is 20.1 Å². The lowest BCUT2D eigenvalue weighted by molar-refractivity contribution is -0.982. The van der Waals surface area contributed by atoms with E-state index in [2.05, 4.69) is 29.6 Å². The van der Waals surface area contributed by atoms with Gasteiger partial charge in [-0.1, -0.05) is 22.6 Å². The Morgan fingerprint density at radius 2 is 1.50 bits per heavy atom. The number of hydrogen-bond donors (Lipinski definition) is 0.